The van der Waals surface area contributed by atoms with Gasteiger partial charge in [-0.2, -0.15) is 0 Å². The number of aromatic nitrogens is 1. The molecule has 0 aliphatic rings. The quantitative estimate of drug-likeness (QED) is 0.765. The summed E-state index contributed by atoms with van der Waals surface area (Å²) >= 11 is 6.28. The molecule has 2 amide bonds. The fourth-order valence-electron chi connectivity index (χ4n) is 2.17. The van der Waals surface area contributed by atoms with Crippen molar-refractivity contribution < 1.29 is 4.79 Å². The zero-order valence-electron chi connectivity index (χ0n) is 13.7. The summed E-state index contributed by atoms with van der Waals surface area (Å²) in [5, 5.41) is 9.35. The van der Waals surface area contributed by atoms with Gasteiger partial charge in [-0.15, -0.1) is 0 Å². The van der Waals surface area contributed by atoms with Crippen molar-refractivity contribution in [3.8, 4) is 0 Å². The number of halogens is 1. The molecule has 0 aliphatic carbocycles. The van der Waals surface area contributed by atoms with E-state index in [0.29, 0.717) is 16.5 Å². The summed E-state index contributed by atoms with van der Waals surface area (Å²) in [7, 11) is 0. The molecule has 122 valence electrons. The van der Waals surface area contributed by atoms with Crippen molar-refractivity contribution in [1.82, 2.24) is 10.3 Å². The van der Waals surface area contributed by atoms with Crippen LogP contribution in [0, 0.1) is 13.8 Å². The summed E-state index contributed by atoms with van der Waals surface area (Å²) in [5.74, 6) is 0.661. The highest BCUT2D eigenvalue weighted by atomic mass is 35.5. The Labute approximate surface area is 141 Å². The number of amides is 2. The van der Waals surface area contributed by atoms with Crippen LogP contribution in [0.25, 0.3) is 0 Å². The van der Waals surface area contributed by atoms with E-state index in [1.165, 1.54) is 0 Å². The second-order valence-corrected chi connectivity index (χ2v) is 6.16. The van der Waals surface area contributed by atoms with E-state index in [1.54, 1.807) is 18.3 Å². The summed E-state index contributed by atoms with van der Waals surface area (Å²) in [6, 6.07) is 7.37. The number of pyridine rings is 1. The molecule has 0 atom stereocenters. The normalized spacial score (nSPS) is 10.5. The summed E-state index contributed by atoms with van der Waals surface area (Å²) < 4.78 is 0. The van der Waals surface area contributed by atoms with E-state index in [9.17, 15) is 4.79 Å². The minimum atomic E-state index is -0.250. The highest BCUT2D eigenvalue weighted by molar-refractivity contribution is 6.33. The molecule has 0 fully saturated rings. The van der Waals surface area contributed by atoms with Gasteiger partial charge in [0, 0.05) is 6.04 Å². The third-order valence-corrected chi connectivity index (χ3v) is 3.42. The van der Waals surface area contributed by atoms with Gasteiger partial charge < -0.3 is 16.0 Å². The molecule has 0 unspecified atom stereocenters. The molecule has 1 aromatic heterocycles. The van der Waals surface area contributed by atoms with Gasteiger partial charge in [0.2, 0.25) is 0 Å². The van der Waals surface area contributed by atoms with Crippen LogP contribution in [0.2, 0.25) is 5.02 Å². The Morgan fingerprint density at radius 3 is 2.52 bits per heavy atom. The molecule has 0 aliphatic heterocycles. The Hall–Kier alpha value is -2.27. The maximum Gasteiger partial charge on any atom is 0.319 e. The third kappa shape index (κ3) is 4.86. The standard InChI is InChI=1S/C17H21ClN4O/c1-10(2)20-17(23)21-13-5-6-15(19-9-13)22-16-12(4)7-11(3)8-14(16)18/h5-10H,1-4H3,(H,19,22)(H2,20,21,23). The van der Waals surface area contributed by atoms with Crippen LogP contribution < -0.4 is 16.0 Å². The van der Waals surface area contributed by atoms with Crippen LogP contribution in [0.1, 0.15) is 25.0 Å². The number of nitrogens with zero attached hydrogens (tertiary/aromatic N) is 1. The number of nitrogens with one attached hydrogen (secondary N) is 3. The molecule has 6 heteroatoms. The number of hydrogen-bond donors (Lipinski definition) is 3. The molecule has 0 saturated carbocycles. The van der Waals surface area contributed by atoms with Crippen molar-refractivity contribution in [3.63, 3.8) is 0 Å². The van der Waals surface area contributed by atoms with Gasteiger partial charge in [0.05, 0.1) is 22.6 Å². The summed E-state index contributed by atoms with van der Waals surface area (Å²) in [4.78, 5) is 15.9. The van der Waals surface area contributed by atoms with Gasteiger partial charge in [0.25, 0.3) is 0 Å². The number of benzene rings is 1. The molecule has 1 heterocycles. The SMILES string of the molecule is Cc1cc(C)c(Nc2ccc(NC(=O)NC(C)C)cn2)c(Cl)c1. The Morgan fingerprint density at radius 2 is 1.96 bits per heavy atom. The van der Waals surface area contributed by atoms with E-state index in [-0.39, 0.29) is 12.1 Å². The lowest BCUT2D eigenvalue weighted by atomic mass is 10.1. The minimum absolute atomic E-state index is 0.0792. The van der Waals surface area contributed by atoms with Crippen molar-refractivity contribution >= 4 is 34.8 Å². The summed E-state index contributed by atoms with van der Waals surface area (Å²) in [6.07, 6.45) is 1.60. The van der Waals surface area contributed by atoms with E-state index in [0.717, 1.165) is 16.8 Å². The van der Waals surface area contributed by atoms with Crippen molar-refractivity contribution in [1.29, 1.82) is 0 Å². The first kappa shape index (κ1) is 17.1. The number of carbonyl (C=O) groups excluding carboxylic acids is 1. The number of rotatable bonds is 4. The lowest BCUT2D eigenvalue weighted by Gasteiger charge is -2.13. The van der Waals surface area contributed by atoms with Crippen LogP contribution in [0.5, 0.6) is 0 Å². The molecule has 0 bridgehead atoms. The number of hydrogen-bond acceptors (Lipinski definition) is 3. The van der Waals surface area contributed by atoms with Gasteiger partial charge in [0.15, 0.2) is 0 Å². The van der Waals surface area contributed by atoms with Gasteiger partial charge in [-0.1, -0.05) is 17.7 Å². The van der Waals surface area contributed by atoms with Crippen LogP contribution >= 0.6 is 11.6 Å². The molecular formula is C17H21ClN4O. The highest BCUT2D eigenvalue weighted by Gasteiger charge is 2.07. The van der Waals surface area contributed by atoms with E-state index in [4.69, 9.17) is 11.6 Å². The fourth-order valence-corrected chi connectivity index (χ4v) is 2.54. The van der Waals surface area contributed by atoms with Crippen molar-refractivity contribution in [2.24, 2.45) is 0 Å². The zero-order valence-corrected chi connectivity index (χ0v) is 14.5. The van der Waals surface area contributed by atoms with Crippen molar-refractivity contribution in [2.75, 3.05) is 10.6 Å². The first-order valence-electron chi connectivity index (χ1n) is 7.42. The lowest BCUT2D eigenvalue weighted by molar-refractivity contribution is 0.250. The van der Waals surface area contributed by atoms with Crippen LogP contribution in [0.4, 0.5) is 22.0 Å². The van der Waals surface area contributed by atoms with Crippen LogP contribution in [0.3, 0.4) is 0 Å². The molecule has 2 aromatic rings. The smallest absolute Gasteiger partial charge is 0.319 e. The predicted molar refractivity (Wildman–Crippen MR) is 95.7 cm³/mol. The first-order valence-corrected chi connectivity index (χ1v) is 7.80. The Bertz CT molecular complexity index is 675. The fraction of sp³-hybridized carbons (Fsp3) is 0.294. The monoisotopic (exact) mass is 332 g/mol. The average Bonchev–Trinajstić information content (AvgIpc) is 2.43. The molecule has 2 rings (SSSR count). The molecule has 0 radical (unpaired) electrons. The second-order valence-electron chi connectivity index (χ2n) is 5.75. The molecule has 0 saturated heterocycles. The molecular weight excluding hydrogens is 312 g/mol. The van der Waals surface area contributed by atoms with Gasteiger partial charge in [0.1, 0.15) is 5.82 Å². The van der Waals surface area contributed by atoms with Crippen molar-refractivity contribution in [2.45, 2.75) is 33.7 Å². The van der Waals surface area contributed by atoms with Gasteiger partial charge in [-0.25, -0.2) is 9.78 Å². The molecule has 3 N–H and O–H groups in total. The van der Waals surface area contributed by atoms with Crippen molar-refractivity contribution in [3.05, 3.63) is 46.6 Å². The molecule has 0 spiro atoms. The molecule has 23 heavy (non-hydrogen) atoms. The number of aryl methyl sites for hydroxylation is 2. The van der Waals surface area contributed by atoms with E-state index >= 15 is 0 Å². The third-order valence-electron chi connectivity index (χ3n) is 3.13. The largest absolute Gasteiger partial charge is 0.339 e. The van der Waals surface area contributed by atoms with E-state index in [1.807, 2.05) is 33.8 Å². The Morgan fingerprint density at radius 1 is 1.22 bits per heavy atom. The van der Waals surface area contributed by atoms with Gasteiger partial charge in [-0.3, -0.25) is 0 Å². The lowest BCUT2D eigenvalue weighted by Crippen LogP contribution is -2.34. The second kappa shape index (κ2) is 7.33. The summed E-state index contributed by atoms with van der Waals surface area (Å²) in [6.45, 7) is 7.80. The molecule has 5 nitrogen and oxygen atoms in total. The maximum absolute atomic E-state index is 11.6. The first-order chi connectivity index (χ1) is 10.8. The number of anilines is 3. The number of carbonyl (C=O) groups is 1. The zero-order chi connectivity index (χ0) is 17.0. The van der Waals surface area contributed by atoms with Crippen LogP contribution in [0.15, 0.2) is 30.5 Å². The van der Waals surface area contributed by atoms with E-state index in [2.05, 4.69) is 27.0 Å². The Kier molecular flexibility index (Phi) is 5.45. The van der Waals surface area contributed by atoms with Gasteiger partial charge in [-0.05, 0) is 57.0 Å². The average molecular weight is 333 g/mol. The molecule has 1 aromatic carbocycles. The topological polar surface area (TPSA) is 66.0 Å². The minimum Gasteiger partial charge on any atom is -0.339 e. The predicted octanol–water partition coefficient (Wildman–Crippen LogP) is 4.63. The Balaban J connectivity index is 2.07. The van der Waals surface area contributed by atoms with Crippen LogP contribution in [-0.4, -0.2) is 17.1 Å². The van der Waals surface area contributed by atoms with Crippen LogP contribution in [-0.2, 0) is 0 Å². The highest BCUT2D eigenvalue weighted by Crippen LogP contribution is 2.29. The van der Waals surface area contributed by atoms with Gasteiger partial charge >= 0.3 is 6.03 Å². The maximum atomic E-state index is 11.6. The number of urea groups is 1. The summed E-state index contributed by atoms with van der Waals surface area (Å²) in [5.41, 5.74) is 3.63. The van der Waals surface area contributed by atoms with E-state index < -0.39 is 0 Å².